The monoisotopic (exact) mass is 261 g/mol. The Morgan fingerprint density at radius 1 is 1.16 bits per heavy atom. The standard InChI is InChI=1S/C13H15N3O3/c1-15-11(14)9(12(18)16(2)13(15)19)10(17)8-6-4-3-5-7-8/h3-7,9,11H,14H2,1-2H3. The van der Waals surface area contributed by atoms with Gasteiger partial charge in [-0.3, -0.25) is 14.5 Å². The van der Waals surface area contributed by atoms with Crippen LogP contribution >= 0.6 is 0 Å². The number of nitrogens with two attached hydrogens (primary N) is 1. The molecule has 2 N–H and O–H groups in total. The van der Waals surface area contributed by atoms with Crippen molar-refractivity contribution >= 4 is 17.7 Å². The van der Waals surface area contributed by atoms with Crippen LogP contribution in [0.4, 0.5) is 4.79 Å². The SMILES string of the molecule is CN1C(=O)C(C(=O)c2ccccc2)C(N)N(C)C1=O. The number of benzene rings is 1. The van der Waals surface area contributed by atoms with Crippen molar-refractivity contribution in [3.63, 3.8) is 0 Å². The maximum absolute atomic E-state index is 12.4. The van der Waals surface area contributed by atoms with Crippen LogP contribution in [-0.4, -0.2) is 47.8 Å². The van der Waals surface area contributed by atoms with E-state index in [9.17, 15) is 14.4 Å². The van der Waals surface area contributed by atoms with Gasteiger partial charge in [-0.2, -0.15) is 0 Å². The van der Waals surface area contributed by atoms with E-state index in [1.54, 1.807) is 30.3 Å². The molecule has 19 heavy (non-hydrogen) atoms. The maximum Gasteiger partial charge on any atom is 0.327 e. The van der Waals surface area contributed by atoms with E-state index in [-0.39, 0.29) is 5.78 Å². The third-order valence-corrected chi connectivity index (χ3v) is 3.31. The van der Waals surface area contributed by atoms with Gasteiger partial charge in [-0.15, -0.1) is 0 Å². The molecule has 3 amide bonds. The molecule has 6 heteroatoms. The van der Waals surface area contributed by atoms with Crippen molar-refractivity contribution in [2.24, 2.45) is 11.7 Å². The van der Waals surface area contributed by atoms with E-state index in [1.807, 2.05) is 0 Å². The number of rotatable bonds is 2. The van der Waals surface area contributed by atoms with Gasteiger partial charge in [-0.1, -0.05) is 30.3 Å². The summed E-state index contributed by atoms with van der Waals surface area (Å²) in [5, 5.41) is 0. The molecule has 1 heterocycles. The normalized spacial score (nSPS) is 23.7. The number of nitrogens with zero attached hydrogens (tertiary/aromatic N) is 2. The van der Waals surface area contributed by atoms with Crippen LogP contribution in [0.1, 0.15) is 10.4 Å². The van der Waals surface area contributed by atoms with Gasteiger partial charge in [0.2, 0.25) is 5.91 Å². The Balaban J connectivity index is 2.35. The fourth-order valence-electron chi connectivity index (χ4n) is 2.09. The van der Waals surface area contributed by atoms with E-state index < -0.39 is 24.0 Å². The second-order valence-corrected chi connectivity index (χ2v) is 4.49. The summed E-state index contributed by atoms with van der Waals surface area (Å²) in [6.07, 6.45) is -0.941. The Hall–Kier alpha value is -2.21. The fourth-order valence-corrected chi connectivity index (χ4v) is 2.09. The number of ketones is 1. The molecule has 2 unspecified atom stereocenters. The second kappa shape index (κ2) is 4.81. The minimum atomic E-state index is -1.06. The lowest BCUT2D eigenvalue weighted by molar-refractivity contribution is -0.134. The number of amides is 3. The summed E-state index contributed by atoms with van der Waals surface area (Å²) in [5.74, 6) is -2.00. The number of hydrogen-bond acceptors (Lipinski definition) is 4. The molecule has 0 bridgehead atoms. The third-order valence-electron chi connectivity index (χ3n) is 3.31. The van der Waals surface area contributed by atoms with Crippen LogP contribution in [0.3, 0.4) is 0 Å². The lowest BCUT2D eigenvalue weighted by atomic mass is 9.91. The Morgan fingerprint density at radius 2 is 1.74 bits per heavy atom. The molecule has 2 atom stereocenters. The van der Waals surface area contributed by atoms with Crippen molar-refractivity contribution < 1.29 is 14.4 Å². The third kappa shape index (κ3) is 2.10. The van der Waals surface area contributed by atoms with Crippen molar-refractivity contribution in [3.8, 4) is 0 Å². The first-order chi connectivity index (χ1) is 8.95. The first kappa shape index (κ1) is 13.2. The van der Waals surface area contributed by atoms with E-state index in [0.29, 0.717) is 5.56 Å². The molecule has 1 saturated heterocycles. The van der Waals surface area contributed by atoms with Gasteiger partial charge in [0.1, 0.15) is 12.1 Å². The molecule has 6 nitrogen and oxygen atoms in total. The lowest BCUT2D eigenvalue weighted by Crippen LogP contribution is -2.64. The van der Waals surface area contributed by atoms with Crippen LogP contribution in [0.25, 0.3) is 0 Å². The molecule has 0 aliphatic carbocycles. The summed E-state index contributed by atoms with van der Waals surface area (Å²) in [6.45, 7) is 0. The summed E-state index contributed by atoms with van der Waals surface area (Å²) in [5.41, 5.74) is 6.25. The van der Waals surface area contributed by atoms with Gasteiger partial charge < -0.3 is 10.6 Å². The number of Topliss-reactive ketones (excluding diaryl/α,β-unsaturated/α-hetero) is 1. The molecule has 1 aliphatic heterocycles. The average molecular weight is 261 g/mol. The zero-order chi connectivity index (χ0) is 14.2. The Kier molecular flexibility index (Phi) is 3.35. The van der Waals surface area contributed by atoms with Crippen molar-refractivity contribution in [2.75, 3.05) is 14.1 Å². The number of imide groups is 1. The van der Waals surface area contributed by atoms with Crippen LogP contribution in [0.5, 0.6) is 0 Å². The lowest BCUT2D eigenvalue weighted by Gasteiger charge is -2.38. The van der Waals surface area contributed by atoms with E-state index >= 15 is 0 Å². The number of carbonyl (C=O) groups excluding carboxylic acids is 3. The molecule has 0 radical (unpaired) electrons. The summed E-state index contributed by atoms with van der Waals surface area (Å²) in [7, 11) is 2.82. The molecule has 1 aromatic rings. The van der Waals surface area contributed by atoms with Gasteiger partial charge in [-0.25, -0.2) is 4.79 Å². The molecule has 1 aromatic carbocycles. The highest BCUT2D eigenvalue weighted by molar-refractivity contribution is 6.14. The fraction of sp³-hybridized carbons (Fsp3) is 0.308. The van der Waals surface area contributed by atoms with Crippen molar-refractivity contribution in [1.82, 2.24) is 9.80 Å². The first-order valence-electron chi connectivity index (χ1n) is 5.84. The van der Waals surface area contributed by atoms with E-state index in [1.165, 1.54) is 19.0 Å². The van der Waals surface area contributed by atoms with Gasteiger partial charge >= 0.3 is 6.03 Å². The number of urea groups is 1. The Bertz CT molecular complexity index is 529. The molecule has 2 rings (SSSR count). The summed E-state index contributed by atoms with van der Waals surface area (Å²) in [4.78, 5) is 38.3. The van der Waals surface area contributed by atoms with Gasteiger partial charge in [-0.05, 0) is 0 Å². The molecule has 0 spiro atoms. The minimum absolute atomic E-state index is 0.371. The van der Waals surface area contributed by atoms with E-state index in [2.05, 4.69) is 0 Å². The maximum atomic E-state index is 12.4. The molecule has 0 saturated carbocycles. The number of hydrogen-bond donors (Lipinski definition) is 1. The summed E-state index contributed by atoms with van der Waals surface area (Å²) >= 11 is 0. The predicted octanol–water partition coefficient (Wildman–Crippen LogP) is 0.294. The van der Waals surface area contributed by atoms with Crippen LogP contribution in [0, 0.1) is 5.92 Å². The molecule has 0 aromatic heterocycles. The van der Waals surface area contributed by atoms with Crippen molar-refractivity contribution in [2.45, 2.75) is 6.17 Å². The van der Waals surface area contributed by atoms with Crippen LogP contribution < -0.4 is 5.73 Å². The first-order valence-corrected chi connectivity index (χ1v) is 5.84. The van der Waals surface area contributed by atoms with Gasteiger partial charge in [0, 0.05) is 19.7 Å². The highest BCUT2D eigenvalue weighted by Crippen LogP contribution is 2.21. The predicted molar refractivity (Wildman–Crippen MR) is 68.2 cm³/mol. The highest BCUT2D eigenvalue weighted by Gasteiger charge is 2.45. The zero-order valence-corrected chi connectivity index (χ0v) is 10.7. The van der Waals surface area contributed by atoms with Crippen LogP contribution in [0.2, 0.25) is 0 Å². The van der Waals surface area contributed by atoms with E-state index in [4.69, 9.17) is 5.73 Å². The van der Waals surface area contributed by atoms with Crippen molar-refractivity contribution in [1.29, 1.82) is 0 Å². The van der Waals surface area contributed by atoms with Gasteiger partial charge in [0.15, 0.2) is 5.78 Å². The summed E-state index contributed by atoms with van der Waals surface area (Å²) in [6, 6.07) is 7.95. The molecular weight excluding hydrogens is 246 g/mol. The largest absolute Gasteiger partial charge is 0.327 e. The zero-order valence-electron chi connectivity index (χ0n) is 10.7. The molecular formula is C13H15N3O3. The molecule has 1 fully saturated rings. The highest BCUT2D eigenvalue weighted by atomic mass is 16.2. The van der Waals surface area contributed by atoms with Crippen LogP contribution in [0.15, 0.2) is 30.3 Å². The topological polar surface area (TPSA) is 83.7 Å². The molecule has 1 aliphatic rings. The van der Waals surface area contributed by atoms with E-state index in [0.717, 1.165) is 4.90 Å². The second-order valence-electron chi connectivity index (χ2n) is 4.49. The number of carbonyl (C=O) groups is 3. The Labute approximate surface area is 110 Å². The quantitative estimate of drug-likeness (QED) is 0.613. The van der Waals surface area contributed by atoms with Gasteiger partial charge in [0.25, 0.3) is 0 Å². The van der Waals surface area contributed by atoms with Crippen LogP contribution in [-0.2, 0) is 4.79 Å². The molecule has 100 valence electrons. The average Bonchev–Trinajstić information content (AvgIpc) is 2.44. The Morgan fingerprint density at radius 3 is 2.32 bits per heavy atom. The minimum Gasteiger partial charge on any atom is -0.311 e. The smallest absolute Gasteiger partial charge is 0.311 e. The van der Waals surface area contributed by atoms with Gasteiger partial charge in [0.05, 0.1) is 0 Å². The summed E-state index contributed by atoms with van der Waals surface area (Å²) < 4.78 is 0. The van der Waals surface area contributed by atoms with Crippen molar-refractivity contribution in [3.05, 3.63) is 35.9 Å².